The molecule has 0 bridgehead atoms. The van der Waals surface area contributed by atoms with E-state index in [1.807, 2.05) is 0 Å². The Kier molecular flexibility index (Phi) is 2.37. The Hall–Kier alpha value is -1.90. The average molecular weight is 204 g/mol. The lowest BCUT2D eigenvalue weighted by atomic mass is 10.1. The zero-order valence-electron chi connectivity index (χ0n) is 8.16. The number of halogens is 1. The van der Waals surface area contributed by atoms with E-state index in [-0.39, 0.29) is 11.6 Å². The first-order valence-corrected chi connectivity index (χ1v) is 4.53. The molecule has 1 aromatic heterocycles. The highest BCUT2D eigenvalue weighted by Crippen LogP contribution is 2.25. The number of furan rings is 1. The molecule has 15 heavy (non-hydrogen) atoms. The van der Waals surface area contributed by atoms with Gasteiger partial charge >= 0.3 is 0 Å². The highest BCUT2D eigenvalue weighted by Gasteiger charge is 2.10. The summed E-state index contributed by atoms with van der Waals surface area (Å²) in [5, 5.41) is 0. The van der Waals surface area contributed by atoms with Gasteiger partial charge in [-0.05, 0) is 30.7 Å². The van der Waals surface area contributed by atoms with Gasteiger partial charge in [0.15, 0.2) is 12.0 Å². The van der Waals surface area contributed by atoms with Crippen LogP contribution >= 0.6 is 0 Å². The van der Waals surface area contributed by atoms with Crippen LogP contribution in [-0.4, -0.2) is 6.29 Å². The molecule has 76 valence electrons. The van der Waals surface area contributed by atoms with E-state index in [1.165, 1.54) is 6.07 Å². The highest BCUT2D eigenvalue weighted by atomic mass is 19.1. The fourth-order valence-electron chi connectivity index (χ4n) is 1.40. The van der Waals surface area contributed by atoms with Gasteiger partial charge in [-0.25, -0.2) is 4.39 Å². The van der Waals surface area contributed by atoms with Crippen LogP contribution in [0.1, 0.15) is 16.1 Å². The lowest BCUT2D eigenvalue weighted by Crippen LogP contribution is -1.86. The predicted octanol–water partition coefficient (Wildman–Crippen LogP) is 3.21. The SMILES string of the molecule is Cc1cccc(-c2ccc(C=O)o2)c1F. The number of hydrogen-bond donors (Lipinski definition) is 0. The maximum absolute atomic E-state index is 13.7. The molecular formula is C12H9FO2. The van der Waals surface area contributed by atoms with Gasteiger partial charge in [0.2, 0.25) is 0 Å². The molecule has 2 nitrogen and oxygen atoms in total. The molecule has 0 aliphatic rings. The van der Waals surface area contributed by atoms with E-state index < -0.39 is 0 Å². The molecule has 0 radical (unpaired) electrons. The van der Waals surface area contributed by atoms with E-state index in [1.54, 1.807) is 31.2 Å². The minimum absolute atomic E-state index is 0.200. The van der Waals surface area contributed by atoms with Crippen molar-refractivity contribution >= 4 is 6.29 Å². The normalized spacial score (nSPS) is 10.3. The Morgan fingerprint density at radius 3 is 2.73 bits per heavy atom. The molecule has 0 aliphatic carbocycles. The Bertz CT molecular complexity index is 500. The van der Waals surface area contributed by atoms with E-state index in [0.717, 1.165) is 0 Å². The zero-order valence-corrected chi connectivity index (χ0v) is 8.16. The second-order valence-electron chi connectivity index (χ2n) is 3.26. The average Bonchev–Trinajstić information content (AvgIpc) is 2.70. The second-order valence-corrected chi connectivity index (χ2v) is 3.26. The third kappa shape index (κ3) is 1.68. The molecule has 0 aliphatic heterocycles. The summed E-state index contributed by atoms with van der Waals surface area (Å²) >= 11 is 0. The quantitative estimate of drug-likeness (QED) is 0.703. The van der Waals surface area contributed by atoms with Crippen LogP contribution in [0.2, 0.25) is 0 Å². The van der Waals surface area contributed by atoms with Crippen molar-refractivity contribution in [2.24, 2.45) is 0 Å². The Balaban J connectivity index is 2.53. The van der Waals surface area contributed by atoms with Crippen molar-refractivity contribution in [3.63, 3.8) is 0 Å². The van der Waals surface area contributed by atoms with Crippen LogP contribution in [-0.2, 0) is 0 Å². The smallest absolute Gasteiger partial charge is 0.185 e. The first-order valence-electron chi connectivity index (χ1n) is 4.53. The molecule has 0 saturated carbocycles. The summed E-state index contributed by atoms with van der Waals surface area (Å²) in [5.74, 6) is 0.258. The minimum atomic E-state index is -0.315. The zero-order chi connectivity index (χ0) is 10.8. The highest BCUT2D eigenvalue weighted by molar-refractivity contribution is 5.73. The van der Waals surface area contributed by atoms with Gasteiger partial charge in [-0.15, -0.1) is 0 Å². The second kappa shape index (κ2) is 3.69. The largest absolute Gasteiger partial charge is 0.453 e. The third-order valence-corrected chi connectivity index (χ3v) is 2.20. The molecule has 2 rings (SSSR count). The van der Waals surface area contributed by atoms with E-state index in [2.05, 4.69) is 0 Å². The number of hydrogen-bond acceptors (Lipinski definition) is 2. The predicted molar refractivity (Wildman–Crippen MR) is 54.2 cm³/mol. The van der Waals surface area contributed by atoms with E-state index >= 15 is 0 Å². The van der Waals surface area contributed by atoms with Crippen molar-refractivity contribution in [2.75, 3.05) is 0 Å². The van der Waals surface area contributed by atoms with Gasteiger partial charge in [-0.2, -0.15) is 0 Å². The molecule has 1 heterocycles. The fourth-order valence-corrected chi connectivity index (χ4v) is 1.40. The minimum Gasteiger partial charge on any atom is -0.453 e. The number of aryl methyl sites for hydroxylation is 1. The number of benzene rings is 1. The Labute approximate surface area is 86.3 Å². The summed E-state index contributed by atoms with van der Waals surface area (Å²) in [7, 11) is 0. The van der Waals surface area contributed by atoms with E-state index in [9.17, 15) is 9.18 Å². The molecular weight excluding hydrogens is 195 g/mol. The van der Waals surface area contributed by atoms with Crippen LogP contribution < -0.4 is 0 Å². The summed E-state index contributed by atoms with van der Waals surface area (Å²) in [6, 6.07) is 8.15. The number of carbonyl (C=O) groups is 1. The van der Waals surface area contributed by atoms with Crippen LogP contribution in [0.4, 0.5) is 4.39 Å². The van der Waals surface area contributed by atoms with Gasteiger partial charge < -0.3 is 4.42 Å². The summed E-state index contributed by atoms with van der Waals surface area (Å²) < 4.78 is 18.8. The monoisotopic (exact) mass is 204 g/mol. The summed E-state index contributed by atoms with van der Waals surface area (Å²) in [6.07, 6.45) is 0.594. The molecule has 0 spiro atoms. The topological polar surface area (TPSA) is 30.2 Å². The molecule has 2 aromatic rings. The van der Waals surface area contributed by atoms with Crippen molar-refractivity contribution < 1.29 is 13.6 Å². The van der Waals surface area contributed by atoms with Crippen molar-refractivity contribution in [1.82, 2.24) is 0 Å². The Morgan fingerprint density at radius 1 is 1.27 bits per heavy atom. The van der Waals surface area contributed by atoms with Crippen molar-refractivity contribution in [3.05, 3.63) is 47.5 Å². The summed E-state index contributed by atoms with van der Waals surface area (Å²) in [6.45, 7) is 1.68. The lowest BCUT2D eigenvalue weighted by molar-refractivity contribution is 0.110. The standard InChI is InChI=1S/C12H9FO2/c1-8-3-2-4-10(12(8)13)11-6-5-9(7-14)15-11/h2-7H,1H3. The number of carbonyl (C=O) groups excluding carboxylic acids is 1. The maximum atomic E-state index is 13.7. The van der Waals surface area contributed by atoms with Crippen molar-refractivity contribution in [1.29, 1.82) is 0 Å². The van der Waals surface area contributed by atoms with Crippen molar-refractivity contribution in [3.8, 4) is 11.3 Å². The first-order chi connectivity index (χ1) is 7.22. The van der Waals surface area contributed by atoms with Gasteiger partial charge in [-0.1, -0.05) is 12.1 Å². The number of rotatable bonds is 2. The van der Waals surface area contributed by atoms with Crippen LogP contribution in [0, 0.1) is 12.7 Å². The van der Waals surface area contributed by atoms with Gasteiger partial charge in [0.1, 0.15) is 11.6 Å². The summed E-state index contributed by atoms with van der Waals surface area (Å²) in [5.41, 5.74) is 0.930. The summed E-state index contributed by atoms with van der Waals surface area (Å²) in [4.78, 5) is 10.4. The third-order valence-electron chi connectivity index (χ3n) is 2.20. The van der Waals surface area contributed by atoms with E-state index in [0.29, 0.717) is 23.2 Å². The molecule has 0 unspecified atom stereocenters. The molecule has 0 saturated heterocycles. The van der Waals surface area contributed by atoms with Crippen LogP contribution in [0.3, 0.4) is 0 Å². The van der Waals surface area contributed by atoms with E-state index in [4.69, 9.17) is 4.42 Å². The molecule has 0 N–H and O–H groups in total. The number of aldehydes is 1. The van der Waals surface area contributed by atoms with Crippen LogP contribution in [0.5, 0.6) is 0 Å². The first kappa shape index (κ1) is 9.65. The molecule has 0 fully saturated rings. The maximum Gasteiger partial charge on any atom is 0.185 e. The lowest BCUT2D eigenvalue weighted by Gasteiger charge is -2.01. The van der Waals surface area contributed by atoms with Crippen LogP contribution in [0.15, 0.2) is 34.7 Å². The molecule has 0 amide bonds. The molecule has 3 heteroatoms. The Morgan fingerprint density at radius 2 is 2.07 bits per heavy atom. The van der Waals surface area contributed by atoms with Crippen LogP contribution in [0.25, 0.3) is 11.3 Å². The van der Waals surface area contributed by atoms with Crippen molar-refractivity contribution in [2.45, 2.75) is 6.92 Å². The van der Waals surface area contributed by atoms with Gasteiger partial charge in [0.05, 0.1) is 5.56 Å². The van der Waals surface area contributed by atoms with Gasteiger partial charge in [0.25, 0.3) is 0 Å². The van der Waals surface area contributed by atoms with Gasteiger partial charge in [-0.3, -0.25) is 4.79 Å². The molecule has 1 aromatic carbocycles. The fraction of sp³-hybridized carbons (Fsp3) is 0.0833. The van der Waals surface area contributed by atoms with Gasteiger partial charge in [0, 0.05) is 0 Å². The molecule has 0 atom stereocenters.